The molecule has 0 radical (unpaired) electrons. The quantitative estimate of drug-likeness (QED) is 0.766. The highest BCUT2D eigenvalue weighted by molar-refractivity contribution is 5.39. The van der Waals surface area contributed by atoms with Crippen LogP contribution in [0, 0.1) is 5.41 Å². The summed E-state index contributed by atoms with van der Waals surface area (Å²) in [6.07, 6.45) is 3.39. The van der Waals surface area contributed by atoms with E-state index in [2.05, 4.69) is 12.2 Å². The van der Waals surface area contributed by atoms with Gasteiger partial charge in [0.2, 0.25) is 0 Å². The van der Waals surface area contributed by atoms with Crippen LogP contribution in [-0.2, 0) is 0 Å². The highest BCUT2D eigenvalue weighted by atomic mass is 16.5. The van der Waals surface area contributed by atoms with Gasteiger partial charge < -0.3 is 19.9 Å². The van der Waals surface area contributed by atoms with Crippen molar-refractivity contribution in [2.75, 3.05) is 26.8 Å². The van der Waals surface area contributed by atoms with Gasteiger partial charge in [0, 0.05) is 13.1 Å². The molecule has 0 saturated heterocycles. The lowest BCUT2D eigenvalue weighted by molar-refractivity contribution is 0.0934. The van der Waals surface area contributed by atoms with Crippen molar-refractivity contribution < 1.29 is 14.6 Å². The Bertz CT molecular complexity index is 418. The van der Waals surface area contributed by atoms with Gasteiger partial charge in [0.25, 0.3) is 0 Å². The molecule has 1 aliphatic carbocycles. The minimum atomic E-state index is -0.511. The number of rotatable bonds is 8. The fourth-order valence-corrected chi connectivity index (χ4v) is 2.48. The molecule has 4 nitrogen and oxygen atoms in total. The number of methoxy groups -OCH3 is 1. The Morgan fingerprint density at radius 3 is 2.60 bits per heavy atom. The van der Waals surface area contributed by atoms with Gasteiger partial charge in [-0.05, 0) is 30.4 Å². The summed E-state index contributed by atoms with van der Waals surface area (Å²) in [7, 11) is 1.61. The maximum Gasteiger partial charge on any atom is 0.161 e. The maximum absolute atomic E-state index is 9.93. The van der Waals surface area contributed by atoms with Crippen molar-refractivity contribution in [1.29, 1.82) is 0 Å². The van der Waals surface area contributed by atoms with E-state index in [1.165, 1.54) is 19.3 Å². The zero-order valence-electron chi connectivity index (χ0n) is 12.4. The number of nitrogens with one attached hydrogen (secondary N) is 1. The largest absolute Gasteiger partial charge is 0.493 e. The highest BCUT2D eigenvalue weighted by Gasteiger charge is 2.31. The molecule has 0 spiro atoms. The van der Waals surface area contributed by atoms with Gasteiger partial charge >= 0.3 is 0 Å². The van der Waals surface area contributed by atoms with E-state index in [4.69, 9.17) is 9.47 Å². The minimum absolute atomic E-state index is 0.268. The Morgan fingerprint density at radius 1 is 1.30 bits per heavy atom. The molecule has 4 heteroatoms. The molecule has 0 amide bonds. The SMILES string of the molecule is COc1ccccc1OCC(O)CNCC1(C)CCC1. The molecule has 20 heavy (non-hydrogen) atoms. The normalized spacial score (nSPS) is 18.1. The molecule has 0 bridgehead atoms. The van der Waals surface area contributed by atoms with Gasteiger partial charge in [-0.15, -0.1) is 0 Å². The molecule has 0 heterocycles. The first-order chi connectivity index (χ1) is 9.63. The van der Waals surface area contributed by atoms with Gasteiger partial charge in [0.05, 0.1) is 7.11 Å². The summed E-state index contributed by atoms with van der Waals surface area (Å²) in [5, 5.41) is 13.3. The molecule has 2 N–H and O–H groups in total. The second kappa shape index (κ2) is 6.95. The molecule has 1 fully saturated rings. The van der Waals surface area contributed by atoms with Crippen LogP contribution in [0.3, 0.4) is 0 Å². The first kappa shape index (κ1) is 15.1. The van der Waals surface area contributed by atoms with E-state index in [0.717, 1.165) is 6.54 Å². The Balaban J connectivity index is 1.68. The Morgan fingerprint density at radius 2 is 2.00 bits per heavy atom. The Labute approximate surface area is 121 Å². The number of ether oxygens (including phenoxy) is 2. The van der Waals surface area contributed by atoms with Crippen LogP contribution in [0.25, 0.3) is 0 Å². The molecular weight excluding hydrogens is 254 g/mol. The van der Waals surface area contributed by atoms with E-state index in [0.29, 0.717) is 23.5 Å². The van der Waals surface area contributed by atoms with Gasteiger partial charge in [-0.2, -0.15) is 0 Å². The van der Waals surface area contributed by atoms with Gasteiger partial charge in [0.1, 0.15) is 12.7 Å². The van der Waals surface area contributed by atoms with Crippen LogP contribution in [0.1, 0.15) is 26.2 Å². The highest BCUT2D eigenvalue weighted by Crippen LogP contribution is 2.39. The zero-order chi connectivity index (χ0) is 14.4. The van der Waals surface area contributed by atoms with Crippen molar-refractivity contribution in [3.8, 4) is 11.5 Å². The number of hydrogen-bond acceptors (Lipinski definition) is 4. The van der Waals surface area contributed by atoms with Crippen LogP contribution in [-0.4, -0.2) is 38.0 Å². The molecule has 112 valence electrons. The zero-order valence-corrected chi connectivity index (χ0v) is 12.4. The third-order valence-electron chi connectivity index (χ3n) is 3.99. The van der Waals surface area contributed by atoms with E-state index < -0.39 is 6.10 Å². The summed E-state index contributed by atoms with van der Waals surface area (Å²) in [5.74, 6) is 1.36. The van der Waals surface area contributed by atoms with Gasteiger partial charge in [-0.3, -0.25) is 0 Å². The van der Waals surface area contributed by atoms with E-state index in [9.17, 15) is 5.11 Å². The first-order valence-corrected chi connectivity index (χ1v) is 7.27. The fourth-order valence-electron chi connectivity index (χ4n) is 2.48. The molecule has 1 unspecified atom stereocenters. The van der Waals surface area contributed by atoms with Crippen LogP contribution in [0.15, 0.2) is 24.3 Å². The second-order valence-electron chi connectivity index (χ2n) is 5.91. The Kier molecular flexibility index (Phi) is 5.26. The fraction of sp³-hybridized carbons (Fsp3) is 0.625. The van der Waals surface area contributed by atoms with Crippen LogP contribution >= 0.6 is 0 Å². The van der Waals surface area contributed by atoms with Gasteiger partial charge in [-0.1, -0.05) is 25.5 Å². The summed E-state index contributed by atoms with van der Waals surface area (Å²) in [6.45, 7) is 4.09. The second-order valence-corrected chi connectivity index (χ2v) is 5.91. The van der Waals surface area contributed by atoms with E-state index in [1.807, 2.05) is 24.3 Å². The number of aliphatic hydroxyl groups is 1. The van der Waals surface area contributed by atoms with E-state index >= 15 is 0 Å². The third-order valence-corrected chi connectivity index (χ3v) is 3.99. The monoisotopic (exact) mass is 279 g/mol. The number of para-hydroxylation sites is 2. The smallest absolute Gasteiger partial charge is 0.161 e. The molecule has 0 aliphatic heterocycles. The van der Waals surface area contributed by atoms with Crippen LogP contribution < -0.4 is 14.8 Å². The summed E-state index contributed by atoms with van der Waals surface area (Å²) < 4.78 is 10.8. The maximum atomic E-state index is 9.93. The molecule has 1 atom stereocenters. The lowest BCUT2D eigenvalue weighted by Gasteiger charge is -2.38. The predicted octanol–water partition coefficient (Wildman–Crippen LogP) is 2.21. The van der Waals surface area contributed by atoms with Gasteiger partial charge in [-0.25, -0.2) is 0 Å². The van der Waals surface area contributed by atoms with Crippen molar-refractivity contribution in [2.45, 2.75) is 32.3 Å². The summed E-state index contributed by atoms with van der Waals surface area (Å²) in [4.78, 5) is 0. The summed E-state index contributed by atoms with van der Waals surface area (Å²) >= 11 is 0. The number of aliphatic hydroxyl groups excluding tert-OH is 1. The van der Waals surface area contributed by atoms with Crippen molar-refractivity contribution >= 4 is 0 Å². The average molecular weight is 279 g/mol. The van der Waals surface area contributed by atoms with E-state index in [1.54, 1.807) is 7.11 Å². The van der Waals surface area contributed by atoms with Crippen molar-refractivity contribution in [2.24, 2.45) is 5.41 Å². The molecule has 0 aromatic heterocycles. The number of benzene rings is 1. The van der Waals surface area contributed by atoms with Crippen LogP contribution in [0.5, 0.6) is 11.5 Å². The Hall–Kier alpha value is -1.26. The van der Waals surface area contributed by atoms with E-state index in [-0.39, 0.29) is 6.61 Å². The summed E-state index contributed by atoms with van der Waals surface area (Å²) in [6, 6.07) is 7.47. The van der Waals surface area contributed by atoms with Crippen LogP contribution in [0.4, 0.5) is 0 Å². The topological polar surface area (TPSA) is 50.7 Å². The molecule has 2 rings (SSSR count). The first-order valence-electron chi connectivity index (χ1n) is 7.27. The predicted molar refractivity (Wildman–Crippen MR) is 79.3 cm³/mol. The average Bonchev–Trinajstić information content (AvgIpc) is 2.43. The molecular formula is C16H25NO3. The lowest BCUT2D eigenvalue weighted by atomic mass is 9.70. The lowest BCUT2D eigenvalue weighted by Crippen LogP contribution is -2.41. The van der Waals surface area contributed by atoms with Gasteiger partial charge in [0.15, 0.2) is 11.5 Å². The van der Waals surface area contributed by atoms with Crippen molar-refractivity contribution in [3.05, 3.63) is 24.3 Å². The molecule has 1 aromatic carbocycles. The minimum Gasteiger partial charge on any atom is -0.493 e. The standard InChI is InChI=1S/C16H25NO3/c1-16(8-5-9-16)12-17-10-13(18)11-20-15-7-4-3-6-14(15)19-2/h3-4,6-7,13,17-18H,5,8-12H2,1-2H3. The van der Waals surface area contributed by atoms with Crippen molar-refractivity contribution in [1.82, 2.24) is 5.32 Å². The third kappa shape index (κ3) is 4.12. The molecule has 1 aliphatic rings. The molecule has 1 aromatic rings. The summed E-state index contributed by atoms with van der Waals surface area (Å²) in [5.41, 5.74) is 0.434. The number of hydrogen-bond donors (Lipinski definition) is 2. The molecule has 1 saturated carbocycles. The van der Waals surface area contributed by atoms with Crippen LogP contribution in [0.2, 0.25) is 0 Å². The van der Waals surface area contributed by atoms with Crippen molar-refractivity contribution in [3.63, 3.8) is 0 Å².